The molecular formula is C21H20ClF2N5O3. The van der Waals surface area contributed by atoms with E-state index >= 15 is 0 Å². The van der Waals surface area contributed by atoms with Crippen LogP contribution in [0.25, 0.3) is 10.9 Å². The Morgan fingerprint density at radius 1 is 1.28 bits per heavy atom. The molecule has 3 aromatic rings. The number of rotatable bonds is 5. The number of alkyl halides is 2. The van der Waals surface area contributed by atoms with Crippen LogP contribution >= 0.6 is 11.6 Å². The van der Waals surface area contributed by atoms with Crippen LogP contribution in [0.1, 0.15) is 34.6 Å². The average molecular weight is 464 g/mol. The second-order valence-electron chi connectivity index (χ2n) is 7.94. The maximum absolute atomic E-state index is 13.4. The Bertz CT molecular complexity index is 1300. The summed E-state index contributed by atoms with van der Waals surface area (Å²) < 4.78 is 28.1. The molecule has 1 aromatic carbocycles. The van der Waals surface area contributed by atoms with E-state index in [1.807, 2.05) is 13.0 Å². The van der Waals surface area contributed by atoms with Crippen molar-refractivity contribution in [2.75, 3.05) is 23.3 Å². The van der Waals surface area contributed by atoms with Gasteiger partial charge in [0.25, 0.3) is 11.5 Å². The highest BCUT2D eigenvalue weighted by Crippen LogP contribution is 2.33. The highest BCUT2D eigenvalue weighted by atomic mass is 35.5. The molecule has 0 unspecified atom stereocenters. The van der Waals surface area contributed by atoms with Crippen molar-refractivity contribution < 1.29 is 18.7 Å². The Morgan fingerprint density at radius 3 is 2.59 bits per heavy atom. The van der Waals surface area contributed by atoms with E-state index in [1.165, 1.54) is 28.6 Å². The molecule has 8 nitrogen and oxygen atoms in total. The van der Waals surface area contributed by atoms with E-state index in [-0.39, 0.29) is 28.0 Å². The number of aromatic nitrogens is 3. The summed E-state index contributed by atoms with van der Waals surface area (Å²) in [7, 11) is 1.50. The standard InChI is InChI=1S/C21H20ClF2N5O3/c1-10-6-12(11(2)25-14-4-5-15(22)26-17(14)19(31)32)16-13(7-10)18(30)28(3)20(27-16)29-8-21(23,24)9-29/h4-7,11,25H,8-9H2,1-3H3,(H,31,32)/t11-/m0/s1. The average Bonchev–Trinajstić information content (AvgIpc) is 2.69. The van der Waals surface area contributed by atoms with E-state index in [0.29, 0.717) is 16.5 Å². The van der Waals surface area contributed by atoms with Crippen molar-refractivity contribution in [2.24, 2.45) is 7.05 Å². The Kier molecular flexibility index (Phi) is 5.28. The summed E-state index contributed by atoms with van der Waals surface area (Å²) >= 11 is 5.82. The van der Waals surface area contributed by atoms with E-state index in [2.05, 4.69) is 15.3 Å². The lowest BCUT2D eigenvalue weighted by molar-refractivity contribution is -0.0275. The highest BCUT2D eigenvalue weighted by Gasteiger charge is 2.45. The summed E-state index contributed by atoms with van der Waals surface area (Å²) in [6.07, 6.45) is 0. The number of aryl methyl sites for hydroxylation is 1. The van der Waals surface area contributed by atoms with E-state index in [1.54, 1.807) is 13.0 Å². The summed E-state index contributed by atoms with van der Waals surface area (Å²) in [6.45, 7) is 2.59. The lowest BCUT2D eigenvalue weighted by atomic mass is 10.0. The van der Waals surface area contributed by atoms with E-state index in [9.17, 15) is 23.5 Å². The predicted octanol–water partition coefficient (Wildman–Crippen LogP) is 3.62. The summed E-state index contributed by atoms with van der Waals surface area (Å²) in [5.74, 6) is -3.90. The van der Waals surface area contributed by atoms with Crippen LogP contribution < -0.4 is 15.8 Å². The van der Waals surface area contributed by atoms with Gasteiger partial charge in [0.15, 0.2) is 5.69 Å². The van der Waals surface area contributed by atoms with Gasteiger partial charge < -0.3 is 15.3 Å². The smallest absolute Gasteiger partial charge is 0.356 e. The number of hydrogen-bond donors (Lipinski definition) is 2. The van der Waals surface area contributed by atoms with Gasteiger partial charge in [-0.15, -0.1) is 0 Å². The quantitative estimate of drug-likeness (QED) is 0.557. The van der Waals surface area contributed by atoms with Gasteiger partial charge in [0.2, 0.25) is 5.95 Å². The second-order valence-corrected chi connectivity index (χ2v) is 8.33. The number of nitrogens with zero attached hydrogens (tertiary/aromatic N) is 4. The fraction of sp³-hybridized carbons (Fsp3) is 0.333. The summed E-state index contributed by atoms with van der Waals surface area (Å²) in [5.41, 5.74) is 1.44. The zero-order chi connectivity index (χ0) is 23.4. The number of carboxylic acids is 1. The first kappa shape index (κ1) is 21.9. The van der Waals surface area contributed by atoms with E-state index in [0.717, 1.165) is 5.56 Å². The Labute approximate surface area is 186 Å². The normalized spacial score (nSPS) is 16.0. The van der Waals surface area contributed by atoms with Crippen molar-refractivity contribution in [1.29, 1.82) is 0 Å². The third-order valence-electron chi connectivity index (χ3n) is 5.36. The minimum Gasteiger partial charge on any atom is -0.476 e. The molecule has 3 heterocycles. The van der Waals surface area contributed by atoms with Crippen molar-refractivity contribution >= 4 is 40.1 Å². The molecule has 32 heavy (non-hydrogen) atoms. The molecule has 0 radical (unpaired) electrons. The Hall–Kier alpha value is -3.27. The molecule has 1 aliphatic heterocycles. The Balaban J connectivity index is 1.81. The molecule has 1 fully saturated rings. The van der Waals surface area contributed by atoms with Crippen molar-refractivity contribution in [3.8, 4) is 0 Å². The van der Waals surface area contributed by atoms with Gasteiger partial charge >= 0.3 is 5.97 Å². The van der Waals surface area contributed by atoms with Crippen LogP contribution in [0.4, 0.5) is 20.4 Å². The van der Waals surface area contributed by atoms with Crippen LogP contribution in [-0.4, -0.2) is 44.6 Å². The van der Waals surface area contributed by atoms with Crippen molar-refractivity contribution in [3.05, 3.63) is 56.6 Å². The van der Waals surface area contributed by atoms with Gasteiger partial charge in [0, 0.05) is 12.6 Å². The van der Waals surface area contributed by atoms with Crippen molar-refractivity contribution in [3.63, 3.8) is 0 Å². The van der Waals surface area contributed by atoms with Crippen molar-refractivity contribution in [1.82, 2.24) is 14.5 Å². The first-order valence-electron chi connectivity index (χ1n) is 9.77. The van der Waals surface area contributed by atoms with Crippen LogP contribution in [0.15, 0.2) is 29.1 Å². The number of hydrogen-bond acceptors (Lipinski definition) is 6. The number of nitrogens with one attached hydrogen (secondary N) is 1. The Morgan fingerprint density at radius 2 is 1.97 bits per heavy atom. The molecule has 0 amide bonds. The molecule has 2 aromatic heterocycles. The molecule has 1 atom stereocenters. The highest BCUT2D eigenvalue weighted by molar-refractivity contribution is 6.29. The topological polar surface area (TPSA) is 100 Å². The van der Waals surface area contributed by atoms with Gasteiger partial charge in [-0.05, 0) is 37.6 Å². The second kappa shape index (κ2) is 7.70. The van der Waals surface area contributed by atoms with Gasteiger partial charge in [-0.3, -0.25) is 9.36 Å². The molecule has 4 rings (SSSR count). The van der Waals surface area contributed by atoms with Crippen LogP contribution in [0.3, 0.4) is 0 Å². The van der Waals surface area contributed by atoms with Gasteiger partial charge in [-0.1, -0.05) is 17.7 Å². The van der Waals surface area contributed by atoms with Crippen LogP contribution in [0.2, 0.25) is 5.15 Å². The van der Waals surface area contributed by atoms with Crippen LogP contribution in [-0.2, 0) is 7.05 Å². The third-order valence-corrected chi connectivity index (χ3v) is 5.57. The molecule has 0 spiro atoms. The number of pyridine rings is 1. The van der Waals surface area contributed by atoms with Gasteiger partial charge in [-0.2, -0.15) is 0 Å². The van der Waals surface area contributed by atoms with Gasteiger partial charge in [0.05, 0.1) is 35.7 Å². The summed E-state index contributed by atoms with van der Waals surface area (Å²) in [5, 5.41) is 12.9. The number of benzene rings is 1. The number of fused-ring (bicyclic) bond motifs is 1. The molecule has 168 valence electrons. The SMILES string of the molecule is Cc1cc([C@H](C)Nc2ccc(Cl)nc2C(=O)O)c2nc(N3CC(F)(F)C3)n(C)c(=O)c2c1. The van der Waals surface area contributed by atoms with E-state index < -0.39 is 31.0 Å². The molecule has 0 aliphatic carbocycles. The molecular weight excluding hydrogens is 444 g/mol. The van der Waals surface area contributed by atoms with Crippen molar-refractivity contribution in [2.45, 2.75) is 25.8 Å². The molecule has 11 heteroatoms. The van der Waals surface area contributed by atoms with Gasteiger partial charge in [0.1, 0.15) is 5.15 Å². The number of aromatic carboxylic acids is 1. The molecule has 0 saturated carbocycles. The maximum atomic E-state index is 13.4. The largest absolute Gasteiger partial charge is 0.476 e. The number of halogens is 3. The first-order valence-corrected chi connectivity index (χ1v) is 10.1. The summed E-state index contributed by atoms with van der Waals surface area (Å²) in [4.78, 5) is 34.3. The minimum absolute atomic E-state index is 0.0442. The zero-order valence-corrected chi connectivity index (χ0v) is 18.2. The summed E-state index contributed by atoms with van der Waals surface area (Å²) in [6, 6.07) is 6.01. The fourth-order valence-electron chi connectivity index (χ4n) is 3.83. The third kappa shape index (κ3) is 3.86. The van der Waals surface area contributed by atoms with Gasteiger partial charge in [-0.25, -0.2) is 23.5 Å². The first-order chi connectivity index (χ1) is 15.0. The minimum atomic E-state index is -2.81. The monoisotopic (exact) mass is 463 g/mol. The van der Waals surface area contributed by atoms with Crippen LogP contribution in [0, 0.1) is 6.92 Å². The predicted molar refractivity (Wildman–Crippen MR) is 117 cm³/mol. The number of anilines is 2. The zero-order valence-electron chi connectivity index (χ0n) is 17.5. The molecule has 0 bridgehead atoms. The lowest BCUT2D eigenvalue weighted by Crippen LogP contribution is -2.57. The van der Waals surface area contributed by atoms with E-state index in [4.69, 9.17) is 11.6 Å². The fourth-order valence-corrected chi connectivity index (χ4v) is 3.98. The van der Waals surface area contributed by atoms with Crippen LogP contribution in [0.5, 0.6) is 0 Å². The number of carbonyl (C=O) groups is 1. The molecule has 2 N–H and O–H groups in total. The lowest BCUT2D eigenvalue weighted by Gasteiger charge is -2.40. The number of carboxylic acid groups (broad SMARTS) is 1. The maximum Gasteiger partial charge on any atom is 0.356 e. The molecule has 1 aliphatic rings. The molecule has 1 saturated heterocycles.